The van der Waals surface area contributed by atoms with Crippen molar-refractivity contribution >= 4 is 12.4 Å². The lowest BCUT2D eigenvalue weighted by atomic mass is 10.0. The van der Waals surface area contributed by atoms with Gasteiger partial charge in [-0.15, -0.1) is 25.6 Å². The fourth-order valence-corrected chi connectivity index (χ4v) is 1.86. The number of methoxy groups -OCH3 is 1. The normalized spacial score (nSPS) is 12.5. The highest BCUT2D eigenvalue weighted by Gasteiger charge is 2.31. The molecule has 0 aliphatic rings. The van der Waals surface area contributed by atoms with Crippen LogP contribution < -0.4 is 20.9 Å². The van der Waals surface area contributed by atoms with Crippen molar-refractivity contribution in [3.05, 3.63) is 23.8 Å². The fraction of sp³-hybridized carbons (Fsp3) is 0.538. The van der Waals surface area contributed by atoms with Crippen LogP contribution in [0, 0.1) is 0 Å². The van der Waals surface area contributed by atoms with Crippen LogP contribution in [0.3, 0.4) is 0 Å². The lowest BCUT2D eigenvalue weighted by Gasteiger charge is -2.17. The van der Waals surface area contributed by atoms with Crippen LogP contribution in [0.2, 0.25) is 0 Å². The molecule has 0 heterocycles. The highest BCUT2D eigenvalue weighted by molar-refractivity contribution is 5.85. The van der Waals surface area contributed by atoms with Gasteiger partial charge < -0.3 is 20.9 Å². The average Bonchev–Trinajstić information content (AvgIpc) is 2.36. The van der Waals surface area contributed by atoms with E-state index in [2.05, 4.69) is 4.74 Å². The van der Waals surface area contributed by atoms with Gasteiger partial charge in [0, 0.05) is 17.7 Å². The third kappa shape index (κ3) is 6.88. The van der Waals surface area contributed by atoms with Crippen LogP contribution in [0.15, 0.2) is 18.2 Å². The molecule has 8 heteroatoms. The highest BCUT2D eigenvalue weighted by Crippen LogP contribution is 2.32. The summed E-state index contributed by atoms with van der Waals surface area (Å²) in [6.07, 6.45) is -2.34. The van der Waals surface area contributed by atoms with Crippen LogP contribution in [0.5, 0.6) is 11.5 Å². The molecule has 0 aliphatic heterocycles. The lowest BCUT2D eigenvalue weighted by molar-refractivity contribution is -0.274. The summed E-state index contributed by atoms with van der Waals surface area (Å²) in [4.78, 5) is 0. The predicted molar refractivity (Wildman–Crippen MR) is 76.8 cm³/mol. The van der Waals surface area contributed by atoms with Crippen molar-refractivity contribution in [1.82, 2.24) is 0 Å². The number of nitrogens with two attached hydrogens (primary N) is 2. The molecule has 1 aromatic carbocycles. The van der Waals surface area contributed by atoms with E-state index in [9.17, 15) is 13.2 Å². The molecule has 4 nitrogen and oxygen atoms in total. The van der Waals surface area contributed by atoms with Crippen molar-refractivity contribution in [3.8, 4) is 11.5 Å². The van der Waals surface area contributed by atoms with Gasteiger partial charge in [0.2, 0.25) is 0 Å². The van der Waals surface area contributed by atoms with Crippen LogP contribution in [0.4, 0.5) is 13.2 Å². The van der Waals surface area contributed by atoms with E-state index in [1.54, 1.807) is 0 Å². The Labute approximate surface area is 128 Å². The first kappa shape index (κ1) is 19.8. The van der Waals surface area contributed by atoms with Crippen molar-refractivity contribution < 1.29 is 22.6 Å². The molecular formula is C13H20ClF3N2O2. The summed E-state index contributed by atoms with van der Waals surface area (Å²) in [7, 11) is 1.38. The molecule has 0 spiro atoms. The van der Waals surface area contributed by atoms with Gasteiger partial charge >= 0.3 is 6.36 Å². The molecule has 1 rings (SSSR count). The zero-order valence-electron chi connectivity index (χ0n) is 11.7. The minimum absolute atomic E-state index is 0. The molecule has 1 atom stereocenters. The van der Waals surface area contributed by atoms with Crippen molar-refractivity contribution in [3.63, 3.8) is 0 Å². The van der Waals surface area contributed by atoms with Crippen LogP contribution in [-0.4, -0.2) is 20.0 Å². The molecule has 4 N–H and O–H groups in total. The number of hydrogen-bond donors (Lipinski definition) is 2. The van der Waals surface area contributed by atoms with Crippen molar-refractivity contribution in [2.75, 3.05) is 13.7 Å². The minimum Gasteiger partial charge on any atom is -0.496 e. The van der Waals surface area contributed by atoms with Crippen molar-refractivity contribution in [2.24, 2.45) is 11.5 Å². The van der Waals surface area contributed by atoms with Gasteiger partial charge in [-0.05, 0) is 25.5 Å². The van der Waals surface area contributed by atoms with Gasteiger partial charge in [-0.2, -0.15) is 0 Å². The van der Waals surface area contributed by atoms with Gasteiger partial charge in [-0.25, -0.2) is 0 Å². The lowest BCUT2D eigenvalue weighted by Crippen LogP contribution is -2.17. The first-order valence-corrected chi connectivity index (χ1v) is 6.26. The minimum atomic E-state index is -4.73. The van der Waals surface area contributed by atoms with Crippen LogP contribution in [-0.2, 0) is 0 Å². The molecule has 0 unspecified atom stereocenters. The third-order valence-corrected chi connectivity index (χ3v) is 2.81. The molecule has 0 amide bonds. The Balaban J connectivity index is 0.00000400. The number of unbranched alkanes of at least 4 members (excludes halogenated alkanes) is 1. The van der Waals surface area contributed by atoms with E-state index in [0.717, 1.165) is 12.8 Å². The second-order valence-electron chi connectivity index (χ2n) is 4.34. The molecule has 0 saturated carbocycles. The Morgan fingerprint density at radius 1 is 1.24 bits per heavy atom. The topological polar surface area (TPSA) is 70.5 Å². The number of ether oxygens (including phenoxy) is 2. The standard InChI is InChI=1S/C13H19F3N2O2.ClH/c1-19-12-8-9(20-13(14,15)16)5-6-10(12)11(18)4-2-3-7-17;/h5-6,8,11H,2-4,7,17-18H2,1H3;1H/t11-;/m1./s1. The van der Waals surface area contributed by atoms with Gasteiger partial charge in [0.25, 0.3) is 0 Å². The summed E-state index contributed by atoms with van der Waals surface area (Å²) in [5.41, 5.74) is 12.1. The zero-order valence-corrected chi connectivity index (χ0v) is 12.5. The Morgan fingerprint density at radius 2 is 1.90 bits per heavy atom. The Hall–Kier alpha value is -1.18. The van der Waals surface area contributed by atoms with Crippen LogP contribution in [0.1, 0.15) is 30.9 Å². The Morgan fingerprint density at radius 3 is 2.43 bits per heavy atom. The maximum Gasteiger partial charge on any atom is 0.573 e. The summed E-state index contributed by atoms with van der Waals surface area (Å²) < 4.78 is 45.3. The summed E-state index contributed by atoms with van der Waals surface area (Å²) in [6, 6.07) is 3.60. The fourth-order valence-electron chi connectivity index (χ4n) is 1.86. The first-order chi connectivity index (χ1) is 9.37. The molecular weight excluding hydrogens is 309 g/mol. The quantitative estimate of drug-likeness (QED) is 0.754. The largest absolute Gasteiger partial charge is 0.573 e. The molecule has 0 radical (unpaired) electrons. The predicted octanol–water partition coefficient (Wildman–Crippen LogP) is 3.14. The Kier molecular flexibility index (Phi) is 8.46. The number of alkyl halides is 3. The van der Waals surface area contributed by atoms with Gasteiger partial charge in [-0.3, -0.25) is 0 Å². The maximum absolute atomic E-state index is 12.1. The Bertz CT molecular complexity index is 430. The molecule has 0 aliphatic carbocycles. The summed E-state index contributed by atoms with van der Waals surface area (Å²) in [5, 5.41) is 0. The van der Waals surface area contributed by atoms with E-state index in [-0.39, 0.29) is 29.9 Å². The number of benzene rings is 1. The first-order valence-electron chi connectivity index (χ1n) is 6.26. The summed E-state index contributed by atoms with van der Waals surface area (Å²) in [5.74, 6) is -0.0424. The molecule has 21 heavy (non-hydrogen) atoms. The smallest absolute Gasteiger partial charge is 0.496 e. The number of rotatable bonds is 7. The van der Waals surface area contributed by atoms with Gasteiger partial charge in [0.05, 0.1) is 7.11 Å². The average molecular weight is 329 g/mol. The second kappa shape index (κ2) is 8.96. The van der Waals surface area contributed by atoms with Crippen LogP contribution in [0.25, 0.3) is 0 Å². The van der Waals surface area contributed by atoms with Crippen LogP contribution >= 0.6 is 12.4 Å². The number of halogens is 4. The monoisotopic (exact) mass is 328 g/mol. The SMILES string of the molecule is COc1cc(OC(F)(F)F)ccc1[C@H](N)CCCCN.Cl. The second-order valence-corrected chi connectivity index (χ2v) is 4.34. The van der Waals surface area contributed by atoms with E-state index >= 15 is 0 Å². The van der Waals surface area contributed by atoms with Gasteiger partial charge in [-0.1, -0.05) is 12.5 Å². The van der Waals surface area contributed by atoms with E-state index in [1.807, 2.05) is 0 Å². The molecule has 0 bridgehead atoms. The molecule has 0 saturated heterocycles. The van der Waals surface area contributed by atoms with Gasteiger partial charge in [0.15, 0.2) is 0 Å². The molecule has 0 fully saturated rings. The van der Waals surface area contributed by atoms with E-state index in [1.165, 1.54) is 25.3 Å². The molecule has 1 aromatic rings. The highest BCUT2D eigenvalue weighted by atomic mass is 35.5. The van der Waals surface area contributed by atoms with Gasteiger partial charge in [0.1, 0.15) is 11.5 Å². The number of hydrogen-bond acceptors (Lipinski definition) is 4. The van der Waals surface area contributed by atoms with Crippen molar-refractivity contribution in [1.29, 1.82) is 0 Å². The van der Waals surface area contributed by atoms with E-state index in [0.29, 0.717) is 18.5 Å². The molecule has 122 valence electrons. The molecule has 0 aromatic heterocycles. The summed E-state index contributed by atoms with van der Waals surface area (Å²) in [6.45, 7) is 0.586. The van der Waals surface area contributed by atoms with E-state index < -0.39 is 6.36 Å². The van der Waals surface area contributed by atoms with Crippen molar-refractivity contribution in [2.45, 2.75) is 31.7 Å². The van der Waals surface area contributed by atoms with E-state index in [4.69, 9.17) is 16.2 Å². The summed E-state index contributed by atoms with van der Waals surface area (Å²) >= 11 is 0. The maximum atomic E-state index is 12.1. The third-order valence-electron chi connectivity index (χ3n) is 2.81. The zero-order chi connectivity index (χ0) is 15.2.